The van der Waals surface area contributed by atoms with Crippen LogP contribution in [0.4, 0.5) is 5.69 Å². The first-order valence-electron chi connectivity index (χ1n) is 7.86. The number of benzene rings is 2. The Morgan fingerprint density at radius 1 is 1.16 bits per heavy atom. The number of halogens is 1. The summed E-state index contributed by atoms with van der Waals surface area (Å²) < 4.78 is 0. The zero-order valence-corrected chi connectivity index (χ0v) is 16.0. The van der Waals surface area contributed by atoms with Gasteiger partial charge in [-0.2, -0.15) is 0 Å². The second-order valence-electron chi connectivity index (χ2n) is 5.82. The monoisotopic (exact) mass is 376 g/mol. The van der Waals surface area contributed by atoms with Gasteiger partial charge in [-0.05, 0) is 30.7 Å². The Bertz CT molecular complexity index is 750. The van der Waals surface area contributed by atoms with Crippen molar-refractivity contribution in [3.63, 3.8) is 0 Å². The van der Waals surface area contributed by atoms with Gasteiger partial charge in [-0.3, -0.25) is 9.59 Å². The minimum absolute atomic E-state index is 0.140. The summed E-state index contributed by atoms with van der Waals surface area (Å²) in [6.45, 7) is 1.85. The van der Waals surface area contributed by atoms with Gasteiger partial charge in [0.2, 0.25) is 5.91 Å². The summed E-state index contributed by atoms with van der Waals surface area (Å²) in [6.07, 6.45) is 0. The molecule has 0 spiro atoms. The van der Waals surface area contributed by atoms with Crippen molar-refractivity contribution in [3.05, 3.63) is 64.7 Å². The lowest BCUT2D eigenvalue weighted by Gasteiger charge is -2.15. The van der Waals surface area contributed by atoms with Gasteiger partial charge in [-0.15, -0.1) is 11.8 Å². The second kappa shape index (κ2) is 8.92. The summed E-state index contributed by atoms with van der Waals surface area (Å²) in [7, 11) is 3.36. The van der Waals surface area contributed by atoms with E-state index in [0.717, 1.165) is 5.75 Å². The van der Waals surface area contributed by atoms with Crippen LogP contribution < -0.4 is 5.32 Å². The SMILES string of the molecule is CC(SCc1ccccc1)C(=O)Nc1cc(C(=O)N(C)C)ccc1Cl. The van der Waals surface area contributed by atoms with Gasteiger partial charge in [0.05, 0.1) is 16.0 Å². The van der Waals surface area contributed by atoms with E-state index in [4.69, 9.17) is 11.6 Å². The number of nitrogens with one attached hydrogen (secondary N) is 1. The van der Waals surface area contributed by atoms with Gasteiger partial charge in [-0.25, -0.2) is 0 Å². The lowest BCUT2D eigenvalue weighted by atomic mass is 10.1. The molecular weight excluding hydrogens is 356 g/mol. The molecule has 2 rings (SSSR count). The van der Waals surface area contributed by atoms with Gasteiger partial charge < -0.3 is 10.2 Å². The Labute approximate surface area is 157 Å². The van der Waals surface area contributed by atoms with Crippen LogP contribution in [-0.2, 0) is 10.5 Å². The number of nitrogens with zero attached hydrogens (tertiary/aromatic N) is 1. The average Bonchev–Trinajstić information content (AvgIpc) is 2.61. The quantitative estimate of drug-likeness (QED) is 0.817. The highest BCUT2D eigenvalue weighted by Gasteiger charge is 2.17. The number of hydrogen-bond donors (Lipinski definition) is 1. The van der Waals surface area contributed by atoms with E-state index in [0.29, 0.717) is 16.3 Å². The van der Waals surface area contributed by atoms with Crippen LogP contribution in [0.3, 0.4) is 0 Å². The molecular formula is C19H21ClN2O2S. The Balaban J connectivity index is 2.01. The molecule has 0 radical (unpaired) electrons. The molecule has 1 N–H and O–H groups in total. The van der Waals surface area contributed by atoms with E-state index in [1.165, 1.54) is 10.5 Å². The minimum Gasteiger partial charge on any atom is -0.345 e. The second-order valence-corrected chi connectivity index (χ2v) is 7.56. The van der Waals surface area contributed by atoms with E-state index < -0.39 is 0 Å². The van der Waals surface area contributed by atoms with Crippen molar-refractivity contribution in [3.8, 4) is 0 Å². The van der Waals surface area contributed by atoms with E-state index in [1.807, 2.05) is 37.3 Å². The highest BCUT2D eigenvalue weighted by Crippen LogP contribution is 2.25. The third kappa shape index (κ3) is 5.51. The topological polar surface area (TPSA) is 49.4 Å². The first-order valence-corrected chi connectivity index (χ1v) is 9.28. The fraction of sp³-hybridized carbons (Fsp3) is 0.263. The van der Waals surface area contributed by atoms with Crippen molar-refractivity contribution in [1.82, 2.24) is 4.90 Å². The van der Waals surface area contributed by atoms with Crippen LogP contribution in [0.15, 0.2) is 48.5 Å². The number of rotatable bonds is 6. The van der Waals surface area contributed by atoms with Crippen molar-refractivity contribution >= 4 is 40.9 Å². The van der Waals surface area contributed by atoms with Crippen LogP contribution in [0, 0.1) is 0 Å². The molecule has 0 saturated carbocycles. The molecule has 0 aliphatic carbocycles. The highest BCUT2D eigenvalue weighted by molar-refractivity contribution is 7.99. The molecule has 6 heteroatoms. The molecule has 0 aliphatic heterocycles. The van der Waals surface area contributed by atoms with E-state index >= 15 is 0 Å². The Hall–Kier alpha value is -1.98. The standard InChI is InChI=1S/C19H21ClN2O2S/c1-13(25-12-14-7-5-4-6-8-14)18(23)21-17-11-15(9-10-16(17)20)19(24)22(2)3/h4-11,13H,12H2,1-3H3,(H,21,23). The molecule has 4 nitrogen and oxygen atoms in total. The fourth-order valence-electron chi connectivity index (χ4n) is 2.12. The smallest absolute Gasteiger partial charge is 0.253 e. The third-order valence-corrected chi connectivity index (χ3v) is 5.13. The van der Waals surface area contributed by atoms with E-state index in [2.05, 4.69) is 5.32 Å². The summed E-state index contributed by atoms with van der Waals surface area (Å²) >= 11 is 7.70. The normalized spacial score (nSPS) is 11.7. The third-order valence-electron chi connectivity index (χ3n) is 3.59. The van der Waals surface area contributed by atoms with Gasteiger partial charge in [0.15, 0.2) is 0 Å². The van der Waals surface area contributed by atoms with E-state index in [1.54, 1.807) is 44.1 Å². The van der Waals surface area contributed by atoms with Crippen molar-refractivity contribution in [1.29, 1.82) is 0 Å². The van der Waals surface area contributed by atoms with Gasteiger partial charge in [0.25, 0.3) is 5.91 Å². The maximum Gasteiger partial charge on any atom is 0.253 e. The number of carbonyl (C=O) groups is 2. The van der Waals surface area contributed by atoms with Crippen LogP contribution in [-0.4, -0.2) is 36.1 Å². The van der Waals surface area contributed by atoms with E-state index in [9.17, 15) is 9.59 Å². The maximum atomic E-state index is 12.4. The molecule has 25 heavy (non-hydrogen) atoms. The highest BCUT2D eigenvalue weighted by atomic mass is 35.5. The van der Waals surface area contributed by atoms with Crippen LogP contribution in [0.1, 0.15) is 22.8 Å². The van der Waals surface area contributed by atoms with Gasteiger partial charge in [0.1, 0.15) is 0 Å². The molecule has 0 saturated heterocycles. The lowest BCUT2D eigenvalue weighted by Crippen LogP contribution is -2.24. The molecule has 0 bridgehead atoms. The summed E-state index contributed by atoms with van der Waals surface area (Å²) in [6, 6.07) is 14.9. The van der Waals surface area contributed by atoms with Crippen molar-refractivity contribution in [2.45, 2.75) is 17.9 Å². The molecule has 0 heterocycles. The molecule has 0 aliphatic rings. The van der Waals surface area contributed by atoms with E-state index in [-0.39, 0.29) is 17.1 Å². The summed E-state index contributed by atoms with van der Waals surface area (Å²) in [5.74, 6) is 0.471. The molecule has 1 unspecified atom stereocenters. The Morgan fingerprint density at radius 3 is 2.48 bits per heavy atom. The summed E-state index contributed by atoms with van der Waals surface area (Å²) in [5.41, 5.74) is 2.10. The van der Waals surface area contributed by atoms with Gasteiger partial charge in [0, 0.05) is 25.4 Å². The minimum atomic E-state index is -0.246. The van der Waals surface area contributed by atoms with Crippen LogP contribution in [0.25, 0.3) is 0 Å². The van der Waals surface area contributed by atoms with Crippen molar-refractivity contribution in [2.24, 2.45) is 0 Å². The average molecular weight is 377 g/mol. The molecule has 2 aromatic carbocycles. The van der Waals surface area contributed by atoms with Crippen molar-refractivity contribution < 1.29 is 9.59 Å². The Kier molecular flexibility index (Phi) is 6.91. The van der Waals surface area contributed by atoms with Crippen molar-refractivity contribution in [2.75, 3.05) is 19.4 Å². The molecule has 1 atom stereocenters. The summed E-state index contributed by atoms with van der Waals surface area (Å²) in [4.78, 5) is 25.9. The molecule has 132 valence electrons. The first-order chi connectivity index (χ1) is 11.9. The van der Waals surface area contributed by atoms with Crippen LogP contribution >= 0.6 is 23.4 Å². The molecule has 2 aromatic rings. The maximum absolute atomic E-state index is 12.4. The number of amides is 2. The van der Waals surface area contributed by atoms with Gasteiger partial charge in [-0.1, -0.05) is 41.9 Å². The molecule has 0 fully saturated rings. The van der Waals surface area contributed by atoms with Gasteiger partial charge >= 0.3 is 0 Å². The number of thioether (sulfide) groups is 1. The number of carbonyl (C=O) groups excluding carboxylic acids is 2. The number of anilines is 1. The first kappa shape index (κ1) is 19.3. The predicted octanol–water partition coefficient (Wildman–Crippen LogP) is 4.30. The number of hydrogen-bond acceptors (Lipinski definition) is 3. The van der Waals surface area contributed by atoms with Crippen LogP contribution in [0.5, 0.6) is 0 Å². The lowest BCUT2D eigenvalue weighted by molar-refractivity contribution is -0.115. The molecule has 0 aromatic heterocycles. The zero-order chi connectivity index (χ0) is 18.4. The fourth-order valence-corrected chi connectivity index (χ4v) is 3.13. The molecule has 2 amide bonds. The Morgan fingerprint density at radius 2 is 1.84 bits per heavy atom. The van der Waals surface area contributed by atoms with Crippen LogP contribution in [0.2, 0.25) is 5.02 Å². The summed E-state index contributed by atoms with van der Waals surface area (Å²) in [5, 5.41) is 2.98. The predicted molar refractivity (Wildman–Crippen MR) is 105 cm³/mol. The largest absolute Gasteiger partial charge is 0.345 e. The zero-order valence-electron chi connectivity index (χ0n) is 14.5.